The molecule has 0 radical (unpaired) electrons. The number of benzene rings is 3. The number of rotatable bonds is 9. The highest BCUT2D eigenvalue weighted by molar-refractivity contribution is 5.83. The van der Waals surface area contributed by atoms with Crippen LogP contribution in [-0.2, 0) is 17.9 Å². The van der Waals surface area contributed by atoms with Gasteiger partial charge in [0.1, 0.15) is 12.4 Å². The highest BCUT2D eigenvalue weighted by Gasteiger charge is 2.18. The lowest BCUT2D eigenvalue weighted by atomic mass is 10.1. The molecule has 0 atom stereocenters. The van der Waals surface area contributed by atoms with Gasteiger partial charge in [-0.2, -0.15) is 5.10 Å². The van der Waals surface area contributed by atoms with Gasteiger partial charge >= 0.3 is 0 Å². The van der Waals surface area contributed by atoms with Gasteiger partial charge in [0.25, 0.3) is 5.91 Å². The third-order valence-electron chi connectivity index (χ3n) is 5.89. The van der Waals surface area contributed by atoms with Gasteiger partial charge < -0.3 is 4.74 Å². The van der Waals surface area contributed by atoms with Crippen LogP contribution in [0.3, 0.4) is 0 Å². The third-order valence-corrected chi connectivity index (χ3v) is 5.89. The van der Waals surface area contributed by atoms with E-state index in [9.17, 15) is 4.79 Å². The molecule has 6 heteroatoms. The second-order valence-corrected chi connectivity index (χ2v) is 8.67. The van der Waals surface area contributed by atoms with Crippen LogP contribution >= 0.6 is 0 Å². The maximum Gasteiger partial charge on any atom is 0.254 e. The molecule has 0 bridgehead atoms. The summed E-state index contributed by atoms with van der Waals surface area (Å²) in [6, 6.07) is 26.4. The molecule has 6 nitrogen and oxygen atoms in total. The van der Waals surface area contributed by atoms with Crippen molar-refractivity contribution in [2.75, 3.05) is 32.7 Å². The van der Waals surface area contributed by atoms with Crippen LogP contribution in [0.1, 0.15) is 22.3 Å². The normalized spacial score (nSPS) is 14.9. The highest BCUT2D eigenvalue weighted by Crippen LogP contribution is 2.13. The lowest BCUT2D eigenvalue weighted by molar-refractivity contribution is -0.122. The summed E-state index contributed by atoms with van der Waals surface area (Å²) < 4.78 is 5.80. The molecule has 0 spiro atoms. The number of ether oxygens (including phenoxy) is 1. The Labute approximate surface area is 201 Å². The van der Waals surface area contributed by atoms with Gasteiger partial charge in [-0.15, -0.1) is 0 Å². The molecule has 0 unspecified atom stereocenters. The quantitative estimate of drug-likeness (QED) is 0.393. The molecular weight excluding hydrogens is 424 g/mol. The van der Waals surface area contributed by atoms with Gasteiger partial charge in [-0.3, -0.25) is 14.6 Å². The molecule has 1 N–H and O–H groups in total. The predicted octanol–water partition coefficient (Wildman–Crippen LogP) is 3.84. The number of nitrogens with zero attached hydrogens (tertiary/aromatic N) is 3. The molecule has 176 valence electrons. The topological polar surface area (TPSA) is 57.2 Å². The predicted molar refractivity (Wildman–Crippen MR) is 136 cm³/mol. The molecule has 4 rings (SSSR count). The van der Waals surface area contributed by atoms with E-state index in [1.54, 1.807) is 6.21 Å². The Balaban J connectivity index is 1.14. The van der Waals surface area contributed by atoms with Gasteiger partial charge in [0.05, 0.1) is 12.8 Å². The molecule has 0 aliphatic carbocycles. The lowest BCUT2D eigenvalue weighted by Gasteiger charge is -2.34. The summed E-state index contributed by atoms with van der Waals surface area (Å²) in [6.07, 6.45) is 1.65. The first-order valence-corrected chi connectivity index (χ1v) is 11.7. The van der Waals surface area contributed by atoms with Crippen molar-refractivity contribution in [3.63, 3.8) is 0 Å². The van der Waals surface area contributed by atoms with Crippen LogP contribution in [0.2, 0.25) is 0 Å². The minimum atomic E-state index is -0.0916. The van der Waals surface area contributed by atoms with E-state index in [-0.39, 0.29) is 5.91 Å². The summed E-state index contributed by atoms with van der Waals surface area (Å²) in [5, 5.41) is 4.11. The second-order valence-electron chi connectivity index (χ2n) is 8.67. The van der Waals surface area contributed by atoms with Gasteiger partial charge in [0.15, 0.2) is 0 Å². The highest BCUT2D eigenvalue weighted by atomic mass is 16.5. The fraction of sp³-hybridized carbons (Fsp3) is 0.286. The number of amides is 1. The monoisotopic (exact) mass is 456 g/mol. The number of hydrogen-bond acceptors (Lipinski definition) is 5. The maximum atomic E-state index is 12.3. The fourth-order valence-corrected chi connectivity index (χ4v) is 3.87. The van der Waals surface area contributed by atoms with E-state index in [1.807, 2.05) is 54.6 Å². The van der Waals surface area contributed by atoms with Crippen LogP contribution in [0.25, 0.3) is 0 Å². The molecule has 3 aromatic rings. The van der Waals surface area contributed by atoms with Gasteiger partial charge in [-0.25, -0.2) is 5.43 Å². The Morgan fingerprint density at radius 3 is 2.26 bits per heavy atom. The van der Waals surface area contributed by atoms with Gasteiger partial charge in [0.2, 0.25) is 0 Å². The van der Waals surface area contributed by atoms with Crippen molar-refractivity contribution in [1.29, 1.82) is 0 Å². The van der Waals surface area contributed by atoms with Gasteiger partial charge in [-0.05, 0) is 47.9 Å². The van der Waals surface area contributed by atoms with E-state index in [1.165, 1.54) is 11.1 Å². The Morgan fingerprint density at radius 2 is 1.56 bits per heavy atom. The molecule has 34 heavy (non-hydrogen) atoms. The minimum Gasteiger partial charge on any atom is -0.489 e. The summed E-state index contributed by atoms with van der Waals surface area (Å²) in [5.41, 5.74) is 7.29. The first-order chi connectivity index (χ1) is 16.6. The number of hydrazone groups is 1. The van der Waals surface area contributed by atoms with Crippen molar-refractivity contribution in [2.45, 2.75) is 20.1 Å². The van der Waals surface area contributed by atoms with Crippen LogP contribution in [-0.4, -0.2) is 54.6 Å². The summed E-state index contributed by atoms with van der Waals surface area (Å²) >= 11 is 0. The van der Waals surface area contributed by atoms with Crippen molar-refractivity contribution in [3.8, 4) is 5.75 Å². The first kappa shape index (κ1) is 23.7. The lowest BCUT2D eigenvalue weighted by Crippen LogP contribution is -2.48. The van der Waals surface area contributed by atoms with Crippen LogP contribution < -0.4 is 10.2 Å². The molecule has 1 saturated heterocycles. The van der Waals surface area contributed by atoms with Crippen LogP contribution in [0.4, 0.5) is 0 Å². The number of hydrogen-bond donors (Lipinski definition) is 1. The van der Waals surface area contributed by atoms with E-state index in [4.69, 9.17) is 4.74 Å². The van der Waals surface area contributed by atoms with Crippen molar-refractivity contribution < 1.29 is 9.53 Å². The first-order valence-electron chi connectivity index (χ1n) is 11.7. The zero-order valence-corrected chi connectivity index (χ0v) is 19.7. The molecule has 1 heterocycles. The van der Waals surface area contributed by atoms with Crippen molar-refractivity contribution in [2.24, 2.45) is 5.10 Å². The molecule has 1 aliphatic rings. The van der Waals surface area contributed by atoms with Gasteiger partial charge in [0, 0.05) is 32.7 Å². The maximum absolute atomic E-state index is 12.3. The fourth-order valence-electron chi connectivity index (χ4n) is 3.87. The average Bonchev–Trinajstić information content (AvgIpc) is 2.87. The van der Waals surface area contributed by atoms with Crippen molar-refractivity contribution in [3.05, 3.63) is 101 Å². The van der Waals surface area contributed by atoms with Crippen LogP contribution in [0.5, 0.6) is 5.75 Å². The number of carbonyl (C=O) groups excluding carboxylic acids is 1. The average molecular weight is 457 g/mol. The number of aryl methyl sites for hydroxylation is 1. The molecule has 3 aromatic carbocycles. The van der Waals surface area contributed by atoms with Crippen LogP contribution in [0.15, 0.2) is 84.0 Å². The standard InChI is InChI=1S/C28H32N4O2/c1-23-7-9-25(10-8-23)20-31-15-17-32(18-16-31)21-28(33)30-29-19-24-11-13-27(14-12-24)34-22-26-5-3-2-4-6-26/h2-14,19H,15-18,20-22H2,1H3,(H,30,33). The summed E-state index contributed by atoms with van der Waals surface area (Å²) in [6.45, 7) is 7.65. The molecular formula is C28H32N4O2. The summed E-state index contributed by atoms with van der Waals surface area (Å²) in [7, 11) is 0. The number of nitrogens with one attached hydrogen (secondary N) is 1. The van der Waals surface area contributed by atoms with Crippen molar-refractivity contribution in [1.82, 2.24) is 15.2 Å². The Bertz CT molecular complexity index is 1060. The molecule has 1 fully saturated rings. The smallest absolute Gasteiger partial charge is 0.254 e. The molecule has 0 aromatic heterocycles. The van der Waals surface area contributed by atoms with Crippen LogP contribution in [0, 0.1) is 6.92 Å². The Kier molecular flexibility index (Phi) is 8.43. The van der Waals surface area contributed by atoms with E-state index < -0.39 is 0 Å². The molecule has 1 aliphatic heterocycles. The van der Waals surface area contributed by atoms with E-state index in [0.717, 1.165) is 49.6 Å². The number of carbonyl (C=O) groups is 1. The zero-order chi connectivity index (χ0) is 23.6. The zero-order valence-electron chi connectivity index (χ0n) is 19.7. The second kappa shape index (κ2) is 12.1. The minimum absolute atomic E-state index is 0.0916. The largest absolute Gasteiger partial charge is 0.489 e. The molecule has 0 saturated carbocycles. The Morgan fingerprint density at radius 1 is 0.882 bits per heavy atom. The Hall–Kier alpha value is -3.48. The van der Waals surface area contributed by atoms with E-state index >= 15 is 0 Å². The van der Waals surface area contributed by atoms with E-state index in [2.05, 4.69) is 51.5 Å². The van der Waals surface area contributed by atoms with Gasteiger partial charge in [-0.1, -0.05) is 60.2 Å². The molecule has 1 amide bonds. The van der Waals surface area contributed by atoms with Crippen molar-refractivity contribution >= 4 is 12.1 Å². The summed E-state index contributed by atoms with van der Waals surface area (Å²) in [5.74, 6) is 0.706. The third kappa shape index (κ3) is 7.54. The summed E-state index contributed by atoms with van der Waals surface area (Å²) in [4.78, 5) is 16.9. The number of piperazine rings is 1. The van der Waals surface area contributed by atoms with E-state index in [0.29, 0.717) is 13.2 Å². The SMILES string of the molecule is Cc1ccc(CN2CCN(CC(=O)NN=Cc3ccc(OCc4ccccc4)cc3)CC2)cc1.